The average Bonchev–Trinajstić information content (AvgIpc) is 2.44. The lowest BCUT2D eigenvalue weighted by Gasteiger charge is -2.34. The number of piperidine rings is 1. The van der Waals surface area contributed by atoms with Crippen molar-refractivity contribution >= 4 is 5.69 Å². The number of hydrogen-bond acceptors (Lipinski definition) is 3. The number of ether oxygens (including phenoxy) is 1. The average molecular weight is 284 g/mol. The van der Waals surface area contributed by atoms with Crippen LogP contribution >= 0.6 is 0 Å². The van der Waals surface area contributed by atoms with Crippen LogP contribution in [0.2, 0.25) is 0 Å². The third kappa shape index (κ3) is 3.46. The molecule has 2 rings (SSSR count). The molecule has 0 amide bonds. The standard InChI is InChI=1S/C15H22F2N2O/c1-3-18-9-11-7-13(16)15(14(17)8-11)19-6-4-5-12(10-19)20-2/h7-8,12,18H,3-6,9-10H2,1-2H3. The van der Waals surface area contributed by atoms with E-state index in [2.05, 4.69) is 5.32 Å². The van der Waals surface area contributed by atoms with Crippen molar-refractivity contribution in [3.63, 3.8) is 0 Å². The maximum absolute atomic E-state index is 14.2. The zero-order valence-corrected chi connectivity index (χ0v) is 12.1. The Morgan fingerprint density at radius 1 is 1.35 bits per heavy atom. The van der Waals surface area contributed by atoms with E-state index in [0.29, 0.717) is 25.2 Å². The molecular weight excluding hydrogens is 262 g/mol. The molecule has 1 atom stereocenters. The summed E-state index contributed by atoms with van der Waals surface area (Å²) in [6, 6.07) is 2.83. The maximum atomic E-state index is 14.2. The van der Waals surface area contributed by atoms with E-state index in [1.807, 2.05) is 6.92 Å². The number of anilines is 1. The van der Waals surface area contributed by atoms with Crippen LogP contribution in [0.25, 0.3) is 0 Å². The quantitative estimate of drug-likeness (QED) is 0.899. The van der Waals surface area contributed by atoms with Gasteiger partial charge < -0.3 is 15.0 Å². The first-order chi connectivity index (χ1) is 9.65. The molecule has 5 heteroatoms. The zero-order valence-electron chi connectivity index (χ0n) is 12.1. The summed E-state index contributed by atoms with van der Waals surface area (Å²) >= 11 is 0. The Bertz CT molecular complexity index is 430. The lowest BCUT2D eigenvalue weighted by Crippen LogP contribution is -2.40. The molecule has 1 saturated heterocycles. The minimum Gasteiger partial charge on any atom is -0.380 e. The number of rotatable bonds is 5. The van der Waals surface area contributed by atoms with E-state index in [-0.39, 0.29) is 11.8 Å². The van der Waals surface area contributed by atoms with E-state index in [1.54, 1.807) is 12.0 Å². The van der Waals surface area contributed by atoms with Gasteiger partial charge in [-0.15, -0.1) is 0 Å². The van der Waals surface area contributed by atoms with Crippen LogP contribution in [0.5, 0.6) is 0 Å². The number of nitrogens with one attached hydrogen (secondary N) is 1. The van der Waals surface area contributed by atoms with Crippen molar-refractivity contribution in [3.05, 3.63) is 29.3 Å². The van der Waals surface area contributed by atoms with Gasteiger partial charge in [-0.2, -0.15) is 0 Å². The molecular formula is C15H22F2N2O. The number of benzene rings is 1. The van der Waals surface area contributed by atoms with Crippen LogP contribution in [0.1, 0.15) is 25.3 Å². The van der Waals surface area contributed by atoms with Gasteiger partial charge in [-0.05, 0) is 37.1 Å². The Balaban J connectivity index is 2.19. The van der Waals surface area contributed by atoms with Crippen molar-refractivity contribution in [2.24, 2.45) is 0 Å². The molecule has 1 aliphatic rings. The molecule has 1 fully saturated rings. The molecule has 1 aliphatic heterocycles. The van der Waals surface area contributed by atoms with Gasteiger partial charge in [0.2, 0.25) is 0 Å². The lowest BCUT2D eigenvalue weighted by atomic mass is 10.1. The molecule has 1 aromatic rings. The predicted molar refractivity (Wildman–Crippen MR) is 76.0 cm³/mol. The number of nitrogens with zero attached hydrogens (tertiary/aromatic N) is 1. The summed E-state index contributed by atoms with van der Waals surface area (Å²) in [5, 5.41) is 3.07. The molecule has 0 radical (unpaired) electrons. The fourth-order valence-corrected chi connectivity index (χ4v) is 2.63. The van der Waals surface area contributed by atoms with E-state index in [4.69, 9.17) is 4.74 Å². The van der Waals surface area contributed by atoms with Crippen LogP contribution < -0.4 is 10.2 Å². The smallest absolute Gasteiger partial charge is 0.149 e. The minimum atomic E-state index is -0.491. The summed E-state index contributed by atoms with van der Waals surface area (Å²) in [5.74, 6) is -0.982. The van der Waals surface area contributed by atoms with Gasteiger partial charge in [-0.25, -0.2) is 8.78 Å². The van der Waals surface area contributed by atoms with Crippen LogP contribution in [-0.2, 0) is 11.3 Å². The van der Waals surface area contributed by atoms with Crippen LogP contribution in [0.15, 0.2) is 12.1 Å². The highest BCUT2D eigenvalue weighted by molar-refractivity contribution is 5.51. The molecule has 1 aromatic carbocycles. The highest BCUT2D eigenvalue weighted by Crippen LogP contribution is 2.28. The van der Waals surface area contributed by atoms with E-state index < -0.39 is 11.6 Å². The fraction of sp³-hybridized carbons (Fsp3) is 0.600. The molecule has 0 aromatic heterocycles. The van der Waals surface area contributed by atoms with Crippen molar-refractivity contribution in [3.8, 4) is 0 Å². The van der Waals surface area contributed by atoms with Gasteiger partial charge in [0.15, 0.2) is 0 Å². The molecule has 1 N–H and O–H groups in total. The Kier molecular flexibility index (Phi) is 5.31. The molecule has 112 valence electrons. The van der Waals surface area contributed by atoms with Crippen molar-refractivity contribution in [1.82, 2.24) is 5.32 Å². The second kappa shape index (κ2) is 6.99. The first kappa shape index (κ1) is 15.2. The molecule has 0 bridgehead atoms. The van der Waals surface area contributed by atoms with Crippen LogP contribution in [-0.4, -0.2) is 32.8 Å². The monoisotopic (exact) mass is 284 g/mol. The topological polar surface area (TPSA) is 24.5 Å². The van der Waals surface area contributed by atoms with Crippen molar-refractivity contribution in [2.45, 2.75) is 32.4 Å². The molecule has 0 aliphatic carbocycles. The molecule has 0 spiro atoms. The minimum absolute atomic E-state index is 0.0454. The molecule has 0 saturated carbocycles. The Morgan fingerprint density at radius 2 is 2.05 bits per heavy atom. The molecule has 1 heterocycles. The SMILES string of the molecule is CCNCc1cc(F)c(N2CCCC(OC)C2)c(F)c1. The first-order valence-electron chi connectivity index (χ1n) is 7.12. The van der Waals surface area contributed by atoms with Gasteiger partial charge in [0.05, 0.1) is 6.10 Å². The number of halogens is 2. The van der Waals surface area contributed by atoms with Crippen LogP contribution in [0.4, 0.5) is 14.5 Å². The number of hydrogen-bond donors (Lipinski definition) is 1. The van der Waals surface area contributed by atoms with E-state index in [9.17, 15) is 8.78 Å². The van der Waals surface area contributed by atoms with Gasteiger partial charge in [0, 0.05) is 26.7 Å². The third-order valence-electron chi connectivity index (χ3n) is 3.68. The van der Waals surface area contributed by atoms with Gasteiger partial charge in [-0.3, -0.25) is 0 Å². The number of methoxy groups -OCH3 is 1. The summed E-state index contributed by atoms with van der Waals surface area (Å²) in [4.78, 5) is 1.75. The van der Waals surface area contributed by atoms with Gasteiger partial charge >= 0.3 is 0 Å². The van der Waals surface area contributed by atoms with E-state index >= 15 is 0 Å². The van der Waals surface area contributed by atoms with Gasteiger partial charge in [0.1, 0.15) is 17.3 Å². The Labute approximate surface area is 118 Å². The summed E-state index contributed by atoms with van der Waals surface area (Å²) in [6.45, 7) is 4.41. The Hall–Kier alpha value is -1.20. The first-order valence-corrected chi connectivity index (χ1v) is 7.12. The Morgan fingerprint density at radius 3 is 2.65 bits per heavy atom. The second-order valence-electron chi connectivity index (χ2n) is 5.13. The van der Waals surface area contributed by atoms with Crippen molar-refractivity contribution in [2.75, 3.05) is 31.6 Å². The highest BCUT2D eigenvalue weighted by atomic mass is 19.1. The predicted octanol–water partition coefficient (Wildman–Crippen LogP) is 2.69. The molecule has 20 heavy (non-hydrogen) atoms. The normalized spacial score (nSPS) is 19.4. The molecule has 1 unspecified atom stereocenters. The second-order valence-corrected chi connectivity index (χ2v) is 5.13. The van der Waals surface area contributed by atoms with E-state index in [0.717, 1.165) is 19.4 Å². The summed E-state index contributed by atoms with van der Waals surface area (Å²) in [7, 11) is 1.64. The van der Waals surface area contributed by atoms with E-state index in [1.165, 1.54) is 12.1 Å². The fourth-order valence-electron chi connectivity index (χ4n) is 2.63. The third-order valence-corrected chi connectivity index (χ3v) is 3.68. The summed E-state index contributed by atoms with van der Waals surface area (Å²) in [5.41, 5.74) is 0.706. The largest absolute Gasteiger partial charge is 0.380 e. The van der Waals surface area contributed by atoms with Gasteiger partial charge in [-0.1, -0.05) is 6.92 Å². The van der Waals surface area contributed by atoms with Crippen LogP contribution in [0, 0.1) is 11.6 Å². The van der Waals surface area contributed by atoms with Crippen molar-refractivity contribution in [1.29, 1.82) is 0 Å². The van der Waals surface area contributed by atoms with Crippen LogP contribution in [0.3, 0.4) is 0 Å². The zero-order chi connectivity index (χ0) is 14.5. The maximum Gasteiger partial charge on any atom is 0.149 e. The lowest BCUT2D eigenvalue weighted by molar-refractivity contribution is 0.0890. The summed E-state index contributed by atoms with van der Waals surface area (Å²) < 4.78 is 33.7. The molecule has 3 nitrogen and oxygen atoms in total. The summed E-state index contributed by atoms with van der Waals surface area (Å²) in [6.07, 6.45) is 1.87. The van der Waals surface area contributed by atoms with Crippen molar-refractivity contribution < 1.29 is 13.5 Å². The highest BCUT2D eigenvalue weighted by Gasteiger charge is 2.24. The van der Waals surface area contributed by atoms with Gasteiger partial charge in [0.25, 0.3) is 0 Å².